The molecule has 0 unspecified atom stereocenters. The van der Waals surface area contributed by atoms with Crippen molar-refractivity contribution < 1.29 is 0 Å². The zero-order chi connectivity index (χ0) is 14.3. The van der Waals surface area contributed by atoms with Gasteiger partial charge in [0.1, 0.15) is 0 Å². The molecule has 0 bridgehead atoms. The number of pyridine rings is 1. The predicted octanol–water partition coefficient (Wildman–Crippen LogP) is 3.23. The zero-order valence-corrected chi connectivity index (χ0v) is 12.7. The summed E-state index contributed by atoms with van der Waals surface area (Å²) in [5, 5.41) is 3.43. The number of hydrogen-bond donors (Lipinski definition) is 1. The van der Waals surface area contributed by atoms with E-state index in [1.165, 1.54) is 11.3 Å². The summed E-state index contributed by atoms with van der Waals surface area (Å²) in [6, 6.07) is 4.23. The molecule has 0 saturated carbocycles. The average molecular weight is 261 g/mol. The maximum atomic E-state index is 4.42. The van der Waals surface area contributed by atoms with Gasteiger partial charge in [0, 0.05) is 31.5 Å². The fourth-order valence-electron chi connectivity index (χ4n) is 1.96. The second-order valence-corrected chi connectivity index (χ2v) is 5.50. The smallest absolute Gasteiger partial charge is 0.0562 e. The Bertz CT molecular complexity index is 399. The first-order valence-corrected chi connectivity index (χ1v) is 7.08. The number of hydrogen-bond acceptors (Lipinski definition) is 3. The first kappa shape index (κ1) is 15.7. The van der Waals surface area contributed by atoms with Crippen LogP contribution in [-0.4, -0.2) is 24.6 Å². The highest BCUT2D eigenvalue weighted by atomic mass is 15.1. The molecule has 19 heavy (non-hydrogen) atoms. The summed E-state index contributed by atoms with van der Waals surface area (Å²) < 4.78 is 0. The molecule has 1 rings (SSSR count). The minimum absolute atomic E-state index is 0.665. The molecule has 0 aliphatic rings. The normalized spacial score (nSPS) is 10.8. The van der Waals surface area contributed by atoms with E-state index in [9.17, 15) is 0 Å². The second kappa shape index (κ2) is 7.95. The first-order valence-electron chi connectivity index (χ1n) is 7.08. The number of likely N-dealkylation sites (N-methyl/N-ethyl adjacent to an activating group) is 1. The fourth-order valence-corrected chi connectivity index (χ4v) is 1.96. The summed E-state index contributed by atoms with van der Waals surface area (Å²) in [4.78, 5) is 6.74. The molecule has 0 spiro atoms. The van der Waals surface area contributed by atoms with Crippen LogP contribution in [0, 0.1) is 5.92 Å². The van der Waals surface area contributed by atoms with Crippen LogP contribution in [0.15, 0.2) is 30.5 Å². The van der Waals surface area contributed by atoms with Gasteiger partial charge in [-0.3, -0.25) is 4.98 Å². The minimum atomic E-state index is 0.665. The van der Waals surface area contributed by atoms with Crippen LogP contribution in [-0.2, 0) is 6.54 Å². The lowest BCUT2D eigenvalue weighted by Crippen LogP contribution is -2.25. The number of nitrogens with zero attached hydrogens (tertiary/aromatic N) is 2. The molecule has 0 aromatic carbocycles. The summed E-state index contributed by atoms with van der Waals surface area (Å²) in [5.74, 6) is 0.665. The van der Waals surface area contributed by atoms with Crippen molar-refractivity contribution in [3.8, 4) is 0 Å². The van der Waals surface area contributed by atoms with Crippen molar-refractivity contribution in [2.24, 2.45) is 5.92 Å². The van der Waals surface area contributed by atoms with Crippen molar-refractivity contribution in [3.63, 3.8) is 0 Å². The molecule has 1 heterocycles. The Kier molecular flexibility index (Phi) is 6.57. The molecule has 0 radical (unpaired) electrons. The van der Waals surface area contributed by atoms with Crippen LogP contribution in [0.25, 0.3) is 0 Å². The van der Waals surface area contributed by atoms with Crippen LogP contribution in [0.5, 0.6) is 0 Å². The van der Waals surface area contributed by atoms with Gasteiger partial charge in [-0.1, -0.05) is 26.0 Å². The molecule has 0 aliphatic heterocycles. The van der Waals surface area contributed by atoms with Crippen LogP contribution in [0.3, 0.4) is 0 Å². The molecule has 0 fully saturated rings. The van der Waals surface area contributed by atoms with Crippen LogP contribution in [0.1, 0.15) is 33.4 Å². The molecule has 0 aliphatic carbocycles. The van der Waals surface area contributed by atoms with E-state index < -0.39 is 0 Å². The van der Waals surface area contributed by atoms with E-state index >= 15 is 0 Å². The maximum Gasteiger partial charge on any atom is 0.0562 e. The predicted molar refractivity (Wildman–Crippen MR) is 83.5 cm³/mol. The van der Waals surface area contributed by atoms with E-state index in [-0.39, 0.29) is 0 Å². The minimum Gasteiger partial charge on any atom is -0.368 e. The lowest BCUT2D eigenvalue weighted by atomic mass is 10.2. The third-order valence-electron chi connectivity index (χ3n) is 2.87. The number of anilines is 1. The number of rotatable bonds is 8. The van der Waals surface area contributed by atoms with Gasteiger partial charge in [-0.25, -0.2) is 0 Å². The van der Waals surface area contributed by atoms with E-state index in [0.717, 1.165) is 31.9 Å². The molecule has 106 valence electrons. The topological polar surface area (TPSA) is 28.2 Å². The lowest BCUT2D eigenvalue weighted by molar-refractivity contribution is 0.548. The summed E-state index contributed by atoms with van der Waals surface area (Å²) in [6.07, 6.45) is 1.89. The summed E-state index contributed by atoms with van der Waals surface area (Å²) in [5.41, 5.74) is 3.50. The van der Waals surface area contributed by atoms with E-state index in [2.05, 4.69) is 61.6 Å². The highest BCUT2D eigenvalue weighted by molar-refractivity contribution is 5.47. The monoisotopic (exact) mass is 261 g/mol. The molecule has 0 atom stereocenters. The Morgan fingerprint density at radius 3 is 2.79 bits per heavy atom. The molecule has 1 aromatic heterocycles. The van der Waals surface area contributed by atoms with Gasteiger partial charge in [-0.15, -0.1) is 0 Å². The van der Waals surface area contributed by atoms with E-state index in [1.54, 1.807) is 0 Å². The van der Waals surface area contributed by atoms with Crippen LogP contribution < -0.4 is 10.2 Å². The van der Waals surface area contributed by atoms with E-state index in [1.807, 2.05) is 6.20 Å². The third-order valence-corrected chi connectivity index (χ3v) is 2.87. The van der Waals surface area contributed by atoms with Crippen molar-refractivity contribution in [2.45, 2.75) is 34.2 Å². The lowest BCUT2D eigenvalue weighted by Gasteiger charge is -2.23. The Morgan fingerprint density at radius 1 is 1.47 bits per heavy atom. The van der Waals surface area contributed by atoms with Gasteiger partial charge in [-0.2, -0.15) is 0 Å². The second-order valence-electron chi connectivity index (χ2n) is 5.50. The van der Waals surface area contributed by atoms with Crippen molar-refractivity contribution >= 4 is 5.69 Å². The molecule has 0 amide bonds. The average Bonchev–Trinajstić information content (AvgIpc) is 2.35. The number of aromatic nitrogens is 1. The molecule has 1 N–H and O–H groups in total. The van der Waals surface area contributed by atoms with E-state index in [4.69, 9.17) is 0 Å². The maximum absolute atomic E-state index is 4.42. The van der Waals surface area contributed by atoms with Crippen LogP contribution in [0.4, 0.5) is 5.69 Å². The van der Waals surface area contributed by atoms with Gasteiger partial charge >= 0.3 is 0 Å². The van der Waals surface area contributed by atoms with Gasteiger partial charge in [0.25, 0.3) is 0 Å². The Labute approximate surface area is 117 Å². The Balaban J connectivity index is 2.66. The summed E-state index contributed by atoms with van der Waals surface area (Å²) in [6.45, 7) is 16.4. The van der Waals surface area contributed by atoms with Crippen molar-refractivity contribution in [1.82, 2.24) is 10.3 Å². The quantitative estimate of drug-likeness (QED) is 0.728. The first-order chi connectivity index (χ1) is 9.02. The van der Waals surface area contributed by atoms with E-state index in [0.29, 0.717) is 5.92 Å². The molecular formula is C16H27N3. The van der Waals surface area contributed by atoms with Gasteiger partial charge in [0.15, 0.2) is 0 Å². The largest absolute Gasteiger partial charge is 0.368 e. The molecular weight excluding hydrogens is 234 g/mol. The van der Waals surface area contributed by atoms with Crippen LogP contribution in [0.2, 0.25) is 0 Å². The molecule has 3 nitrogen and oxygen atoms in total. The van der Waals surface area contributed by atoms with Gasteiger partial charge in [0.05, 0.1) is 5.69 Å². The summed E-state index contributed by atoms with van der Waals surface area (Å²) in [7, 11) is 0. The molecule has 3 heteroatoms. The van der Waals surface area contributed by atoms with Crippen LogP contribution >= 0.6 is 0 Å². The highest BCUT2D eigenvalue weighted by Gasteiger charge is 2.05. The Morgan fingerprint density at radius 2 is 2.21 bits per heavy atom. The standard InChI is InChI=1S/C16H27N3/c1-6-19(12-14(4)5)16-7-8-18-15(9-16)11-17-10-13(2)3/h7-9,13,17H,4,6,10-12H2,1-3,5H3. The van der Waals surface area contributed by atoms with Crippen molar-refractivity contribution in [3.05, 3.63) is 36.2 Å². The molecule has 0 saturated heterocycles. The SMILES string of the molecule is C=C(C)CN(CC)c1ccnc(CNCC(C)C)c1. The fraction of sp³-hybridized carbons (Fsp3) is 0.562. The van der Waals surface area contributed by atoms with Crippen molar-refractivity contribution in [2.75, 3.05) is 24.5 Å². The Hall–Kier alpha value is -1.35. The van der Waals surface area contributed by atoms with Gasteiger partial charge in [-0.05, 0) is 38.4 Å². The van der Waals surface area contributed by atoms with Gasteiger partial charge < -0.3 is 10.2 Å². The van der Waals surface area contributed by atoms with Gasteiger partial charge in [0.2, 0.25) is 0 Å². The highest BCUT2D eigenvalue weighted by Crippen LogP contribution is 2.15. The number of nitrogens with one attached hydrogen (secondary N) is 1. The third kappa shape index (κ3) is 5.88. The molecule has 1 aromatic rings. The zero-order valence-electron chi connectivity index (χ0n) is 12.7. The van der Waals surface area contributed by atoms with Crippen molar-refractivity contribution in [1.29, 1.82) is 0 Å². The summed E-state index contributed by atoms with van der Waals surface area (Å²) >= 11 is 0.